The third-order valence-corrected chi connectivity index (χ3v) is 4.46. The van der Waals surface area contributed by atoms with Crippen molar-refractivity contribution < 1.29 is 31.1 Å². The lowest BCUT2D eigenvalue weighted by atomic mass is 10.1. The monoisotopic (exact) mass is 421 g/mol. The fourth-order valence-corrected chi connectivity index (χ4v) is 3.11. The molecule has 0 saturated heterocycles. The largest absolute Gasteiger partial charge is 0.416 e. The third kappa shape index (κ3) is 4.16. The molecule has 1 amide bonds. The molecule has 0 fully saturated rings. The summed E-state index contributed by atoms with van der Waals surface area (Å²) in [6.07, 6.45) is -8.99. The minimum atomic E-state index is -5.04. The summed E-state index contributed by atoms with van der Waals surface area (Å²) in [6, 6.07) is 2.22. The van der Waals surface area contributed by atoms with Crippen LogP contribution in [0.3, 0.4) is 0 Å². The van der Waals surface area contributed by atoms with Crippen LogP contribution in [-0.4, -0.2) is 15.5 Å². The Morgan fingerprint density at radius 2 is 1.68 bits per heavy atom. The summed E-state index contributed by atoms with van der Waals surface area (Å²) in [5, 5.41) is 3.83. The second-order valence-corrected chi connectivity index (χ2v) is 6.55. The Morgan fingerprint density at radius 1 is 1.07 bits per heavy atom. The van der Waals surface area contributed by atoms with Gasteiger partial charge in [0.1, 0.15) is 11.4 Å². The second-order valence-electron chi connectivity index (χ2n) is 5.66. The Kier molecular flexibility index (Phi) is 4.91. The molecule has 5 nitrogen and oxygen atoms in total. The molecule has 0 radical (unpaired) electrons. The van der Waals surface area contributed by atoms with E-state index in [1.165, 1.54) is 17.4 Å². The molecule has 28 heavy (non-hydrogen) atoms. The first-order chi connectivity index (χ1) is 12.9. The van der Waals surface area contributed by atoms with Crippen molar-refractivity contribution in [2.24, 2.45) is 0 Å². The molecule has 148 valence electrons. The first-order valence-electron chi connectivity index (χ1n) is 7.47. The maximum Gasteiger partial charge on any atom is 0.416 e. The van der Waals surface area contributed by atoms with Gasteiger partial charge in [0.25, 0.3) is 5.56 Å². The lowest BCUT2D eigenvalue weighted by molar-refractivity contribution is -0.143. The molecule has 2 heterocycles. The molecule has 1 aromatic carbocycles. The molecule has 0 atom stereocenters. The summed E-state index contributed by atoms with van der Waals surface area (Å²) in [4.78, 5) is 28.7. The number of alkyl halides is 6. The number of nitrogens with one attached hydrogen (secondary N) is 1. The Bertz CT molecular complexity index is 1070. The number of halogens is 6. The smallest absolute Gasteiger partial charge is 0.325 e. The van der Waals surface area contributed by atoms with Crippen molar-refractivity contribution in [1.82, 2.24) is 9.55 Å². The fourth-order valence-electron chi connectivity index (χ4n) is 2.39. The number of benzene rings is 1. The molecule has 0 aliphatic rings. The maximum absolute atomic E-state index is 12.9. The molecule has 1 N–H and O–H groups in total. The average Bonchev–Trinajstić information content (AvgIpc) is 3.05. The van der Waals surface area contributed by atoms with Crippen molar-refractivity contribution in [3.63, 3.8) is 0 Å². The van der Waals surface area contributed by atoms with Crippen LogP contribution in [0.1, 0.15) is 11.1 Å². The van der Waals surface area contributed by atoms with Crippen LogP contribution in [0.15, 0.2) is 40.8 Å². The van der Waals surface area contributed by atoms with Crippen LogP contribution in [0.25, 0.3) is 10.2 Å². The second kappa shape index (κ2) is 6.93. The molecule has 2 aromatic heterocycles. The summed E-state index contributed by atoms with van der Waals surface area (Å²) in [5.41, 5.74) is -4.36. The molecule has 3 aromatic rings. The summed E-state index contributed by atoms with van der Waals surface area (Å²) in [6.45, 7) is -0.630. The number of rotatable bonds is 3. The molecule has 3 rings (SSSR count). The van der Waals surface area contributed by atoms with E-state index >= 15 is 0 Å². The zero-order valence-corrected chi connectivity index (χ0v) is 14.4. The number of carbonyl (C=O) groups excluding carboxylic acids is 1. The number of anilines is 1. The van der Waals surface area contributed by atoms with Gasteiger partial charge in [0.15, 0.2) is 0 Å². The Balaban J connectivity index is 1.88. The zero-order chi connectivity index (χ0) is 20.7. The van der Waals surface area contributed by atoms with E-state index in [1.807, 2.05) is 5.32 Å². The van der Waals surface area contributed by atoms with E-state index in [-0.39, 0.29) is 11.5 Å². The van der Waals surface area contributed by atoms with Crippen LogP contribution in [0.5, 0.6) is 0 Å². The fraction of sp³-hybridized carbons (Fsp3) is 0.188. The van der Waals surface area contributed by atoms with E-state index < -0.39 is 47.2 Å². The van der Waals surface area contributed by atoms with Crippen LogP contribution >= 0.6 is 11.3 Å². The van der Waals surface area contributed by atoms with Crippen molar-refractivity contribution in [1.29, 1.82) is 0 Å². The van der Waals surface area contributed by atoms with Crippen LogP contribution in [0, 0.1) is 0 Å². The third-order valence-electron chi connectivity index (χ3n) is 3.64. The highest BCUT2D eigenvalue weighted by Crippen LogP contribution is 2.37. The first kappa shape index (κ1) is 19.9. The molecule has 0 spiro atoms. The highest BCUT2D eigenvalue weighted by Gasteiger charge is 2.37. The van der Waals surface area contributed by atoms with Crippen molar-refractivity contribution in [2.75, 3.05) is 5.32 Å². The summed E-state index contributed by atoms with van der Waals surface area (Å²) >= 11 is 1.20. The van der Waals surface area contributed by atoms with Gasteiger partial charge >= 0.3 is 12.4 Å². The molecule has 0 saturated carbocycles. The standard InChI is InChI=1S/C16H9F6N3O2S/c17-15(18,19)8-3-9(16(20,21)22)5-10(4-8)24-12(26)6-25-7-23-13-11(14(25)27)1-2-28-13/h1-5,7H,6H2,(H,24,26). The molecule has 0 aliphatic heterocycles. The van der Waals surface area contributed by atoms with E-state index in [0.717, 1.165) is 10.9 Å². The lowest BCUT2D eigenvalue weighted by Gasteiger charge is -2.15. The van der Waals surface area contributed by atoms with Gasteiger partial charge in [-0.15, -0.1) is 11.3 Å². The topological polar surface area (TPSA) is 64.0 Å². The lowest BCUT2D eigenvalue weighted by Crippen LogP contribution is -2.27. The van der Waals surface area contributed by atoms with Gasteiger partial charge in [-0.05, 0) is 29.6 Å². The normalized spacial score (nSPS) is 12.4. The van der Waals surface area contributed by atoms with Gasteiger partial charge in [-0.25, -0.2) is 4.98 Å². The quantitative estimate of drug-likeness (QED) is 0.647. The Labute approximate surface area is 156 Å². The molecule has 0 aliphatic carbocycles. The van der Waals surface area contributed by atoms with Crippen LogP contribution in [0.4, 0.5) is 32.0 Å². The Hall–Kier alpha value is -2.89. The minimum absolute atomic E-state index is 0.0471. The highest BCUT2D eigenvalue weighted by molar-refractivity contribution is 7.16. The SMILES string of the molecule is O=C(Cn1cnc2sccc2c1=O)Nc1cc(C(F)(F)F)cc(C(F)(F)F)c1. The number of carbonyl (C=O) groups is 1. The number of aromatic nitrogens is 2. The summed E-state index contributed by atoms with van der Waals surface area (Å²) in [7, 11) is 0. The van der Waals surface area contributed by atoms with Gasteiger partial charge in [0, 0.05) is 5.69 Å². The van der Waals surface area contributed by atoms with Gasteiger partial charge in [-0.1, -0.05) is 0 Å². The Morgan fingerprint density at radius 3 is 2.25 bits per heavy atom. The van der Waals surface area contributed by atoms with Gasteiger partial charge in [-0.3, -0.25) is 14.2 Å². The van der Waals surface area contributed by atoms with E-state index in [4.69, 9.17) is 0 Å². The van der Waals surface area contributed by atoms with Crippen molar-refractivity contribution in [3.05, 3.63) is 57.5 Å². The van der Waals surface area contributed by atoms with Crippen LogP contribution in [0.2, 0.25) is 0 Å². The van der Waals surface area contributed by atoms with E-state index in [0.29, 0.717) is 17.0 Å². The van der Waals surface area contributed by atoms with Crippen LogP contribution < -0.4 is 10.9 Å². The minimum Gasteiger partial charge on any atom is -0.325 e. The number of amides is 1. The number of hydrogen-bond donors (Lipinski definition) is 1. The molecule has 12 heteroatoms. The summed E-state index contributed by atoms with van der Waals surface area (Å²) in [5.74, 6) is -0.981. The van der Waals surface area contributed by atoms with E-state index in [9.17, 15) is 35.9 Å². The molecule has 0 unspecified atom stereocenters. The van der Waals surface area contributed by atoms with Crippen molar-refractivity contribution >= 4 is 33.1 Å². The number of nitrogens with zero attached hydrogens (tertiary/aromatic N) is 2. The van der Waals surface area contributed by atoms with Gasteiger partial charge < -0.3 is 5.32 Å². The van der Waals surface area contributed by atoms with Crippen molar-refractivity contribution in [3.8, 4) is 0 Å². The van der Waals surface area contributed by atoms with E-state index in [1.54, 1.807) is 5.38 Å². The zero-order valence-electron chi connectivity index (χ0n) is 13.6. The molecular weight excluding hydrogens is 412 g/mol. The maximum atomic E-state index is 12.9. The number of thiophene rings is 1. The summed E-state index contributed by atoms with van der Waals surface area (Å²) < 4.78 is 78.1. The van der Waals surface area contributed by atoms with Gasteiger partial charge in [-0.2, -0.15) is 26.3 Å². The first-order valence-corrected chi connectivity index (χ1v) is 8.35. The highest BCUT2D eigenvalue weighted by atomic mass is 32.1. The van der Waals surface area contributed by atoms with Gasteiger partial charge in [0.05, 0.1) is 22.8 Å². The van der Waals surface area contributed by atoms with Gasteiger partial charge in [0.2, 0.25) is 5.91 Å². The van der Waals surface area contributed by atoms with Crippen molar-refractivity contribution in [2.45, 2.75) is 18.9 Å². The molecular formula is C16H9F6N3O2S. The number of hydrogen-bond acceptors (Lipinski definition) is 4. The number of fused-ring (bicyclic) bond motifs is 1. The molecule has 0 bridgehead atoms. The van der Waals surface area contributed by atoms with Crippen LogP contribution in [-0.2, 0) is 23.7 Å². The predicted molar refractivity (Wildman–Crippen MR) is 89.0 cm³/mol. The average molecular weight is 421 g/mol. The predicted octanol–water partition coefficient (Wildman–Crippen LogP) is 4.13. The van der Waals surface area contributed by atoms with E-state index in [2.05, 4.69) is 4.98 Å².